The molecule has 1 heterocycles. The van der Waals surface area contributed by atoms with Crippen molar-refractivity contribution in [3.8, 4) is 11.5 Å². The van der Waals surface area contributed by atoms with Gasteiger partial charge >= 0.3 is 0 Å². The first-order chi connectivity index (χ1) is 10.5. The van der Waals surface area contributed by atoms with Crippen LogP contribution in [0.25, 0.3) is 0 Å². The van der Waals surface area contributed by atoms with Gasteiger partial charge in [0.2, 0.25) is 5.91 Å². The second-order valence-electron chi connectivity index (χ2n) is 5.52. The molecule has 2 amide bonds. The Kier molecular flexibility index (Phi) is 5.25. The largest absolute Gasteiger partial charge is 0.493 e. The highest BCUT2D eigenvalue weighted by molar-refractivity contribution is 5.81. The Morgan fingerprint density at radius 1 is 1.41 bits per heavy atom. The Balaban J connectivity index is 1.84. The smallest absolute Gasteiger partial charge is 0.258 e. The molecule has 120 valence electrons. The van der Waals surface area contributed by atoms with Crippen LogP contribution in [0.2, 0.25) is 0 Å². The number of hydrogen-bond donors (Lipinski definition) is 1. The van der Waals surface area contributed by atoms with Crippen molar-refractivity contribution in [1.82, 2.24) is 10.2 Å². The molecule has 0 saturated carbocycles. The zero-order chi connectivity index (χ0) is 16.1. The zero-order valence-electron chi connectivity index (χ0n) is 13.2. The van der Waals surface area contributed by atoms with Crippen LogP contribution < -0.4 is 14.8 Å². The van der Waals surface area contributed by atoms with E-state index in [1.165, 1.54) is 0 Å². The Morgan fingerprint density at radius 3 is 2.86 bits per heavy atom. The summed E-state index contributed by atoms with van der Waals surface area (Å²) in [6.07, 6.45) is 1.11. The third-order valence-electron chi connectivity index (χ3n) is 3.70. The van der Waals surface area contributed by atoms with Gasteiger partial charge in [0, 0.05) is 26.1 Å². The Morgan fingerprint density at radius 2 is 2.18 bits per heavy atom. The van der Waals surface area contributed by atoms with E-state index in [1.807, 2.05) is 19.1 Å². The third kappa shape index (κ3) is 4.13. The van der Waals surface area contributed by atoms with Gasteiger partial charge in [-0.15, -0.1) is 0 Å². The number of methoxy groups -OCH3 is 1. The Labute approximate surface area is 130 Å². The predicted octanol–water partition coefficient (Wildman–Crippen LogP) is 1.12. The molecule has 1 N–H and O–H groups in total. The molecule has 0 bridgehead atoms. The quantitative estimate of drug-likeness (QED) is 0.885. The predicted molar refractivity (Wildman–Crippen MR) is 82.0 cm³/mol. The van der Waals surface area contributed by atoms with Gasteiger partial charge in [-0.05, 0) is 31.0 Å². The summed E-state index contributed by atoms with van der Waals surface area (Å²) in [7, 11) is 3.33. The molecule has 6 heteroatoms. The van der Waals surface area contributed by atoms with E-state index in [1.54, 1.807) is 25.1 Å². The number of carbonyl (C=O) groups is 2. The summed E-state index contributed by atoms with van der Waals surface area (Å²) in [4.78, 5) is 25.2. The highest BCUT2D eigenvalue weighted by Crippen LogP contribution is 2.27. The molecule has 0 radical (unpaired) electrons. The first-order valence-electron chi connectivity index (χ1n) is 7.30. The van der Waals surface area contributed by atoms with E-state index in [-0.39, 0.29) is 24.5 Å². The minimum Gasteiger partial charge on any atom is -0.493 e. The first kappa shape index (κ1) is 16.1. The minimum atomic E-state index is -0.231. The second-order valence-corrected chi connectivity index (χ2v) is 5.52. The molecule has 1 aliphatic heterocycles. The second kappa shape index (κ2) is 7.15. The van der Waals surface area contributed by atoms with Crippen molar-refractivity contribution in [3.63, 3.8) is 0 Å². The number of aryl methyl sites for hydroxylation is 1. The van der Waals surface area contributed by atoms with Gasteiger partial charge in [-0.3, -0.25) is 9.59 Å². The average Bonchev–Trinajstić information content (AvgIpc) is 2.49. The van der Waals surface area contributed by atoms with Crippen LogP contribution in [0.1, 0.15) is 18.4 Å². The minimum absolute atomic E-state index is 0.0534. The van der Waals surface area contributed by atoms with Crippen molar-refractivity contribution < 1.29 is 19.1 Å². The van der Waals surface area contributed by atoms with Crippen molar-refractivity contribution in [2.24, 2.45) is 0 Å². The third-order valence-corrected chi connectivity index (χ3v) is 3.70. The highest BCUT2D eigenvalue weighted by Gasteiger charge is 2.24. The van der Waals surface area contributed by atoms with Crippen molar-refractivity contribution in [3.05, 3.63) is 23.8 Å². The molecule has 0 aromatic heterocycles. The van der Waals surface area contributed by atoms with E-state index in [0.29, 0.717) is 24.5 Å². The van der Waals surface area contributed by atoms with Crippen molar-refractivity contribution in [1.29, 1.82) is 0 Å². The fraction of sp³-hybridized carbons (Fsp3) is 0.500. The van der Waals surface area contributed by atoms with Crippen molar-refractivity contribution in [2.75, 3.05) is 27.3 Å². The number of carbonyl (C=O) groups excluding carboxylic acids is 2. The van der Waals surface area contributed by atoms with E-state index in [0.717, 1.165) is 12.0 Å². The van der Waals surface area contributed by atoms with Crippen LogP contribution >= 0.6 is 0 Å². The number of piperidine rings is 1. The van der Waals surface area contributed by atoms with Crippen LogP contribution in [0.4, 0.5) is 0 Å². The summed E-state index contributed by atoms with van der Waals surface area (Å²) in [5.41, 5.74) is 1.05. The summed E-state index contributed by atoms with van der Waals surface area (Å²) >= 11 is 0. The maximum atomic E-state index is 11.9. The summed E-state index contributed by atoms with van der Waals surface area (Å²) in [5, 5.41) is 2.84. The lowest BCUT2D eigenvalue weighted by molar-refractivity contribution is -0.133. The van der Waals surface area contributed by atoms with Crippen LogP contribution in [0, 0.1) is 6.92 Å². The van der Waals surface area contributed by atoms with Crippen LogP contribution in [0.3, 0.4) is 0 Å². The molecule has 1 saturated heterocycles. The molecular weight excluding hydrogens is 284 g/mol. The number of amides is 2. The van der Waals surface area contributed by atoms with Gasteiger partial charge in [-0.25, -0.2) is 0 Å². The van der Waals surface area contributed by atoms with E-state index in [2.05, 4.69) is 5.32 Å². The number of likely N-dealkylation sites (tertiary alicyclic amines) is 1. The monoisotopic (exact) mass is 306 g/mol. The van der Waals surface area contributed by atoms with E-state index >= 15 is 0 Å². The lowest BCUT2D eigenvalue weighted by Crippen LogP contribution is -2.47. The lowest BCUT2D eigenvalue weighted by Gasteiger charge is -2.29. The number of nitrogens with zero attached hydrogens (tertiary/aromatic N) is 1. The molecule has 1 aliphatic rings. The molecule has 0 spiro atoms. The van der Waals surface area contributed by atoms with Gasteiger partial charge in [-0.1, -0.05) is 6.07 Å². The summed E-state index contributed by atoms with van der Waals surface area (Å²) in [5.74, 6) is 0.952. The van der Waals surface area contributed by atoms with Gasteiger partial charge in [0.05, 0.1) is 7.11 Å². The Hall–Kier alpha value is -2.24. The fourth-order valence-electron chi connectivity index (χ4n) is 2.37. The molecule has 0 aliphatic carbocycles. The van der Waals surface area contributed by atoms with Crippen LogP contribution in [-0.2, 0) is 9.59 Å². The number of benzene rings is 1. The number of ether oxygens (including phenoxy) is 2. The number of rotatable bonds is 5. The summed E-state index contributed by atoms with van der Waals surface area (Å²) in [6.45, 7) is 2.52. The van der Waals surface area contributed by atoms with Gasteiger partial charge in [0.1, 0.15) is 0 Å². The highest BCUT2D eigenvalue weighted by atomic mass is 16.5. The molecule has 2 rings (SSSR count). The van der Waals surface area contributed by atoms with E-state index in [9.17, 15) is 9.59 Å². The molecular formula is C16H22N2O4. The van der Waals surface area contributed by atoms with Crippen molar-refractivity contribution in [2.45, 2.75) is 25.8 Å². The molecule has 6 nitrogen and oxygen atoms in total. The van der Waals surface area contributed by atoms with E-state index in [4.69, 9.17) is 9.47 Å². The fourth-order valence-corrected chi connectivity index (χ4v) is 2.37. The van der Waals surface area contributed by atoms with Gasteiger partial charge < -0.3 is 19.7 Å². The van der Waals surface area contributed by atoms with Gasteiger partial charge in [-0.2, -0.15) is 0 Å². The summed E-state index contributed by atoms with van der Waals surface area (Å²) < 4.78 is 10.7. The molecule has 22 heavy (non-hydrogen) atoms. The SMILES string of the molecule is COc1cc(C)ccc1OCC(=O)N[C@H]1CCN(C)C(=O)C1. The average molecular weight is 306 g/mol. The Bertz CT molecular complexity index is 559. The van der Waals surface area contributed by atoms with Crippen LogP contribution in [0.15, 0.2) is 18.2 Å². The zero-order valence-corrected chi connectivity index (χ0v) is 13.2. The lowest BCUT2D eigenvalue weighted by atomic mass is 10.1. The van der Waals surface area contributed by atoms with Gasteiger partial charge in [0.25, 0.3) is 5.91 Å². The topological polar surface area (TPSA) is 67.9 Å². The molecule has 1 aromatic rings. The summed E-state index contributed by atoms with van der Waals surface area (Å²) in [6, 6.07) is 5.41. The molecule has 1 fully saturated rings. The van der Waals surface area contributed by atoms with Crippen LogP contribution in [-0.4, -0.2) is 50.1 Å². The number of hydrogen-bond acceptors (Lipinski definition) is 4. The molecule has 0 unspecified atom stereocenters. The van der Waals surface area contributed by atoms with Crippen molar-refractivity contribution >= 4 is 11.8 Å². The number of nitrogens with one attached hydrogen (secondary N) is 1. The maximum Gasteiger partial charge on any atom is 0.258 e. The standard InChI is InChI=1S/C16H22N2O4/c1-11-4-5-13(14(8-11)21-3)22-10-15(19)17-12-6-7-18(2)16(20)9-12/h4-5,8,12H,6-7,9-10H2,1-3H3,(H,17,19)/t12-/m0/s1. The van der Waals surface area contributed by atoms with E-state index < -0.39 is 0 Å². The maximum absolute atomic E-state index is 11.9. The normalized spacial score (nSPS) is 18.0. The molecule has 1 atom stereocenters. The van der Waals surface area contributed by atoms with Crippen LogP contribution in [0.5, 0.6) is 11.5 Å². The molecule has 1 aromatic carbocycles. The first-order valence-corrected chi connectivity index (χ1v) is 7.30. The van der Waals surface area contributed by atoms with Gasteiger partial charge in [0.15, 0.2) is 18.1 Å².